The van der Waals surface area contributed by atoms with Crippen LogP contribution in [0, 0.1) is 5.92 Å². The molecule has 12 nitrogen and oxygen atoms in total. The number of nitrogens with one attached hydrogen (secondary N) is 1. The van der Waals surface area contributed by atoms with E-state index in [9.17, 15) is 33.4 Å². The van der Waals surface area contributed by atoms with E-state index in [0.29, 0.717) is 0 Å². The summed E-state index contributed by atoms with van der Waals surface area (Å²) in [6, 6.07) is 1.08. The molecular formula is C13H19N2O10P2-. The van der Waals surface area contributed by atoms with Gasteiger partial charge < -0.3 is 33.2 Å². The van der Waals surface area contributed by atoms with E-state index in [2.05, 4.69) is 4.98 Å². The number of ether oxygens (including phenoxy) is 2. The molecule has 1 saturated heterocycles. The van der Waals surface area contributed by atoms with Crippen LogP contribution >= 0.6 is 15.2 Å². The van der Waals surface area contributed by atoms with E-state index in [1.165, 1.54) is 7.11 Å². The Hall–Kier alpha value is -1.10. The predicted octanol–water partition coefficient (Wildman–Crippen LogP) is -1.42. The summed E-state index contributed by atoms with van der Waals surface area (Å²) in [6.07, 6.45) is -3.19. The monoisotopic (exact) mass is 425 g/mol. The lowest BCUT2D eigenvalue weighted by Crippen LogP contribution is -2.40. The quantitative estimate of drug-likeness (QED) is 0.458. The lowest BCUT2D eigenvalue weighted by Gasteiger charge is -2.29. The summed E-state index contributed by atoms with van der Waals surface area (Å²) in [5.74, 6) is -0.663. The van der Waals surface area contributed by atoms with Gasteiger partial charge in [-0.3, -0.25) is 18.9 Å². The second kappa shape index (κ2) is 7.06. The fourth-order valence-electron chi connectivity index (χ4n) is 3.39. The van der Waals surface area contributed by atoms with Crippen molar-refractivity contribution in [1.82, 2.24) is 9.55 Å². The van der Waals surface area contributed by atoms with Crippen molar-refractivity contribution in [3.8, 4) is 0 Å². The largest absolute Gasteiger partial charge is 0.779 e. The Labute approximate surface area is 152 Å². The molecule has 27 heavy (non-hydrogen) atoms. The third-order valence-corrected chi connectivity index (χ3v) is 6.68. The second-order valence-electron chi connectivity index (χ2n) is 6.61. The highest BCUT2D eigenvalue weighted by Crippen LogP contribution is 2.62. The summed E-state index contributed by atoms with van der Waals surface area (Å²) in [4.78, 5) is 55.8. The van der Waals surface area contributed by atoms with E-state index in [4.69, 9.17) is 14.0 Å². The molecule has 1 aliphatic carbocycles. The van der Waals surface area contributed by atoms with E-state index in [0.717, 1.165) is 23.5 Å². The van der Waals surface area contributed by atoms with Crippen molar-refractivity contribution in [3.05, 3.63) is 33.1 Å². The minimum atomic E-state index is -4.39. The highest BCUT2D eigenvalue weighted by Gasteiger charge is 2.61. The van der Waals surface area contributed by atoms with Crippen LogP contribution in [0.15, 0.2) is 21.9 Å². The van der Waals surface area contributed by atoms with E-state index in [1.807, 2.05) is 0 Å². The van der Waals surface area contributed by atoms with E-state index in [-0.39, 0.29) is 6.42 Å². The van der Waals surface area contributed by atoms with Crippen LogP contribution in [0.4, 0.5) is 0 Å². The van der Waals surface area contributed by atoms with Crippen LogP contribution in [0.2, 0.25) is 0 Å². The molecule has 1 aromatic heterocycles. The third-order valence-electron chi connectivity index (χ3n) is 4.59. The molecule has 1 saturated carbocycles. The van der Waals surface area contributed by atoms with Crippen molar-refractivity contribution in [2.45, 2.75) is 36.6 Å². The average molecular weight is 425 g/mol. The number of hydrogen-bond donors (Lipinski definition) is 3. The van der Waals surface area contributed by atoms with Crippen LogP contribution in [0.3, 0.4) is 0 Å². The van der Waals surface area contributed by atoms with E-state index < -0.39 is 62.6 Å². The van der Waals surface area contributed by atoms with Crippen molar-refractivity contribution in [2.24, 2.45) is 5.92 Å². The fourth-order valence-corrected chi connectivity index (χ4v) is 5.26. The lowest BCUT2D eigenvalue weighted by atomic mass is 10.1. The van der Waals surface area contributed by atoms with Crippen LogP contribution in [-0.4, -0.2) is 57.1 Å². The minimum Gasteiger partial charge on any atom is -0.779 e. The molecule has 0 spiro atoms. The number of hydrogen-bond acceptors (Lipinski definition) is 8. The minimum absolute atomic E-state index is 0.116. The molecular weight excluding hydrogens is 406 g/mol. The molecule has 3 rings (SSSR count). The van der Waals surface area contributed by atoms with Crippen molar-refractivity contribution in [1.29, 1.82) is 0 Å². The van der Waals surface area contributed by atoms with Gasteiger partial charge in [0.05, 0.1) is 11.8 Å². The van der Waals surface area contributed by atoms with Crippen LogP contribution in [0.25, 0.3) is 0 Å². The fraction of sp³-hybridized carbons (Fsp3) is 0.692. The molecule has 2 heterocycles. The number of rotatable bonds is 6. The zero-order valence-corrected chi connectivity index (χ0v) is 16.1. The third kappa shape index (κ3) is 4.33. The standard InChI is InChI=1S/C13H20N2O10P2/c1-23-11-10(25-26(2,18)19)9(6-5-7(6)27(20,21)22)24-12(11)15-4-3-8(16)14-13(15)17/h3-4,6-7,9-12H,5H2,1-2H3,(H,18,19)(H,14,16,17)(H2,20,21,22)/p-1. The van der Waals surface area contributed by atoms with Gasteiger partial charge in [0.15, 0.2) is 6.23 Å². The zero-order valence-electron chi connectivity index (χ0n) is 14.3. The van der Waals surface area contributed by atoms with Gasteiger partial charge in [0, 0.05) is 32.0 Å². The maximum atomic E-state index is 12.1. The number of methoxy groups -OCH3 is 1. The van der Waals surface area contributed by atoms with Crippen LogP contribution < -0.4 is 16.1 Å². The van der Waals surface area contributed by atoms with Crippen molar-refractivity contribution < 1.29 is 37.8 Å². The molecule has 0 aromatic carbocycles. The van der Waals surface area contributed by atoms with Gasteiger partial charge >= 0.3 is 13.3 Å². The molecule has 1 aromatic rings. The topological polar surface area (TPSA) is 180 Å². The lowest BCUT2D eigenvalue weighted by molar-refractivity contribution is -0.205. The predicted molar refractivity (Wildman–Crippen MR) is 88.4 cm³/mol. The maximum Gasteiger partial charge on any atom is 0.330 e. The SMILES string of the molecule is COC1C(OP(C)(=O)[O-])C(C2CC2P(=O)(O)O)OC1n1ccc(=O)[nH]c1=O. The molecule has 14 heteroatoms. The van der Waals surface area contributed by atoms with E-state index in [1.54, 1.807) is 0 Å². The second-order valence-corrected chi connectivity index (χ2v) is 10.2. The van der Waals surface area contributed by atoms with Gasteiger partial charge in [-0.05, 0) is 6.42 Å². The molecule has 0 amide bonds. The number of H-pyrrole nitrogens is 1. The highest BCUT2D eigenvalue weighted by molar-refractivity contribution is 7.53. The summed E-state index contributed by atoms with van der Waals surface area (Å²) in [7, 11) is -7.39. The van der Waals surface area contributed by atoms with Crippen LogP contribution in [0.1, 0.15) is 12.6 Å². The van der Waals surface area contributed by atoms with Gasteiger partial charge in [-0.1, -0.05) is 0 Å². The number of aromatic amines is 1. The average Bonchev–Trinajstić information content (AvgIpc) is 3.24. The summed E-state index contributed by atoms with van der Waals surface area (Å²) < 4.78 is 40.4. The van der Waals surface area contributed by atoms with Crippen molar-refractivity contribution in [3.63, 3.8) is 0 Å². The molecule has 3 N–H and O–H groups in total. The highest BCUT2D eigenvalue weighted by atomic mass is 31.2. The van der Waals surface area contributed by atoms with Gasteiger partial charge in [0.25, 0.3) is 5.56 Å². The maximum absolute atomic E-state index is 12.1. The van der Waals surface area contributed by atoms with Gasteiger partial charge in [0.2, 0.25) is 0 Å². The molecule has 152 valence electrons. The van der Waals surface area contributed by atoms with Gasteiger partial charge in [0.1, 0.15) is 19.8 Å². The van der Waals surface area contributed by atoms with Crippen LogP contribution in [0.5, 0.6) is 0 Å². The number of nitrogens with zero attached hydrogens (tertiary/aromatic N) is 1. The Balaban J connectivity index is 1.97. The first-order valence-electron chi connectivity index (χ1n) is 7.94. The summed E-state index contributed by atoms with van der Waals surface area (Å²) in [5, 5.41) is 0. The smallest absolute Gasteiger partial charge is 0.330 e. The Morgan fingerprint density at radius 2 is 2.00 bits per heavy atom. The molecule has 2 fully saturated rings. The first-order valence-corrected chi connectivity index (χ1v) is 11.6. The molecule has 0 bridgehead atoms. The zero-order chi connectivity index (χ0) is 20.1. The molecule has 7 atom stereocenters. The Morgan fingerprint density at radius 1 is 1.33 bits per heavy atom. The molecule has 7 unspecified atom stereocenters. The molecule has 0 radical (unpaired) electrons. The Bertz CT molecular complexity index is 916. The van der Waals surface area contributed by atoms with E-state index >= 15 is 0 Å². The first-order chi connectivity index (χ1) is 12.4. The summed E-state index contributed by atoms with van der Waals surface area (Å²) in [6.45, 7) is 0.851. The number of aromatic nitrogens is 2. The summed E-state index contributed by atoms with van der Waals surface area (Å²) in [5.41, 5.74) is -2.42. The van der Waals surface area contributed by atoms with Crippen molar-refractivity contribution in [2.75, 3.05) is 13.8 Å². The Kier molecular flexibility index (Phi) is 5.39. The van der Waals surface area contributed by atoms with Gasteiger partial charge in [-0.25, -0.2) is 4.79 Å². The normalized spacial score (nSPS) is 35.7. The van der Waals surface area contributed by atoms with Gasteiger partial charge in [-0.2, -0.15) is 0 Å². The molecule has 1 aliphatic heterocycles. The van der Waals surface area contributed by atoms with Crippen LogP contribution in [-0.2, 0) is 23.1 Å². The summed E-state index contributed by atoms with van der Waals surface area (Å²) >= 11 is 0. The van der Waals surface area contributed by atoms with Crippen molar-refractivity contribution >= 4 is 15.2 Å². The van der Waals surface area contributed by atoms with Gasteiger partial charge in [-0.15, -0.1) is 0 Å². The Morgan fingerprint density at radius 3 is 2.48 bits per heavy atom. The molecule has 2 aliphatic rings. The first kappa shape index (κ1) is 20.6.